The van der Waals surface area contributed by atoms with Gasteiger partial charge in [-0.1, -0.05) is 23.8 Å². The van der Waals surface area contributed by atoms with Crippen molar-refractivity contribution in [3.8, 4) is 0 Å². The summed E-state index contributed by atoms with van der Waals surface area (Å²) in [5.74, 6) is -0.339. The number of aryl methyl sites for hydroxylation is 3. The molecule has 3 nitrogen and oxygen atoms in total. The molecule has 0 heterocycles. The number of rotatable bonds is 2. The topological polar surface area (TPSA) is 41.1 Å². The maximum absolute atomic E-state index is 13.4. The van der Waals surface area contributed by atoms with E-state index >= 15 is 0 Å². The van der Waals surface area contributed by atoms with Gasteiger partial charge in [0, 0.05) is 11.4 Å². The van der Waals surface area contributed by atoms with Crippen LogP contribution in [0.25, 0.3) is 0 Å². The maximum atomic E-state index is 13.4. The summed E-state index contributed by atoms with van der Waals surface area (Å²) < 4.78 is 13.4. The number of carbonyl (C=O) groups is 1. The van der Waals surface area contributed by atoms with Gasteiger partial charge in [0.05, 0.1) is 0 Å². The number of hydrogen-bond donors (Lipinski definition) is 2. The lowest BCUT2D eigenvalue weighted by Crippen LogP contribution is -2.20. The fraction of sp³-hybridized carbons (Fsp3) is 0.188. The molecule has 2 N–H and O–H groups in total. The van der Waals surface area contributed by atoms with Gasteiger partial charge < -0.3 is 10.6 Å². The van der Waals surface area contributed by atoms with Gasteiger partial charge in [0.2, 0.25) is 0 Å². The Balaban J connectivity index is 2.07. The molecule has 0 radical (unpaired) electrons. The predicted octanol–water partition coefficient (Wildman–Crippen LogP) is 4.39. The molecule has 2 rings (SSSR count). The lowest BCUT2D eigenvalue weighted by atomic mass is 10.1. The molecule has 0 aliphatic carbocycles. The predicted molar refractivity (Wildman–Crippen MR) is 79.7 cm³/mol. The Labute approximate surface area is 117 Å². The molecule has 0 atom stereocenters. The van der Waals surface area contributed by atoms with E-state index in [-0.39, 0.29) is 11.8 Å². The van der Waals surface area contributed by atoms with Crippen molar-refractivity contribution in [1.82, 2.24) is 0 Å². The molecule has 0 aliphatic heterocycles. The van der Waals surface area contributed by atoms with Gasteiger partial charge in [0.25, 0.3) is 0 Å². The van der Waals surface area contributed by atoms with Crippen molar-refractivity contribution in [3.63, 3.8) is 0 Å². The molecular formula is C16H17FN2O. The smallest absolute Gasteiger partial charge is 0.308 e. The van der Waals surface area contributed by atoms with Crippen LogP contribution >= 0.6 is 0 Å². The van der Waals surface area contributed by atoms with Crippen LogP contribution in [0.2, 0.25) is 0 Å². The SMILES string of the molecule is Cc1ccc(NC(=O)Nc2ccc(C)c(F)c2)c(C)c1. The average molecular weight is 272 g/mol. The standard InChI is InChI=1S/C16H17FN2O/c1-10-4-7-15(12(3)8-10)19-16(20)18-13-6-5-11(2)14(17)9-13/h4-9H,1-3H3,(H2,18,19,20). The van der Waals surface area contributed by atoms with Crippen LogP contribution in [0.4, 0.5) is 20.6 Å². The van der Waals surface area contributed by atoms with E-state index in [0.717, 1.165) is 16.8 Å². The zero-order valence-electron chi connectivity index (χ0n) is 11.8. The Hall–Kier alpha value is -2.36. The normalized spacial score (nSPS) is 10.2. The number of halogens is 1. The zero-order chi connectivity index (χ0) is 14.7. The summed E-state index contributed by atoms with van der Waals surface area (Å²) in [5.41, 5.74) is 3.82. The first-order valence-electron chi connectivity index (χ1n) is 6.37. The van der Waals surface area contributed by atoms with Crippen molar-refractivity contribution >= 4 is 17.4 Å². The monoisotopic (exact) mass is 272 g/mol. The fourth-order valence-electron chi connectivity index (χ4n) is 1.91. The van der Waals surface area contributed by atoms with Crippen LogP contribution in [-0.2, 0) is 0 Å². The number of hydrogen-bond acceptors (Lipinski definition) is 1. The van der Waals surface area contributed by atoms with E-state index in [1.54, 1.807) is 19.1 Å². The minimum atomic E-state index is -0.389. The summed E-state index contributed by atoms with van der Waals surface area (Å²) in [6, 6.07) is 9.97. The van der Waals surface area contributed by atoms with Crippen LogP contribution in [0.3, 0.4) is 0 Å². The molecule has 0 spiro atoms. The Morgan fingerprint density at radius 2 is 1.70 bits per heavy atom. The van der Waals surface area contributed by atoms with Crippen LogP contribution in [0.15, 0.2) is 36.4 Å². The first-order chi connectivity index (χ1) is 9.45. The second-order valence-corrected chi connectivity index (χ2v) is 4.86. The van der Waals surface area contributed by atoms with Gasteiger partial charge in [-0.05, 0) is 50.1 Å². The van der Waals surface area contributed by atoms with Crippen molar-refractivity contribution in [2.24, 2.45) is 0 Å². The molecule has 0 aromatic heterocycles. The van der Waals surface area contributed by atoms with Crippen molar-refractivity contribution in [1.29, 1.82) is 0 Å². The van der Waals surface area contributed by atoms with E-state index in [4.69, 9.17) is 0 Å². The molecule has 0 unspecified atom stereocenters. The molecule has 104 valence electrons. The van der Waals surface area contributed by atoms with Crippen LogP contribution < -0.4 is 10.6 Å². The summed E-state index contributed by atoms with van der Waals surface area (Å²) in [5, 5.41) is 5.36. The molecular weight excluding hydrogens is 255 g/mol. The van der Waals surface area contributed by atoms with Gasteiger partial charge in [-0.25, -0.2) is 9.18 Å². The quantitative estimate of drug-likeness (QED) is 0.836. The number of benzene rings is 2. The van der Waals surface area contributed by atoms with Gasteiger partial charge in [-0.3, -0.25) is 0 Å². The Morgan fingerprint density at radius 1 is 0.950 bits per heavy atom. The third-order valence-electron chi connectivity index (χ3n) is 3.06. The number of urea groups is 1. The highest BCUT2D eigenvalue weighted by Gasteiger charge is 2.06. The second kappa shape index (κ2) is 5.74. The molecule has 2 aromatic carbocycles. The maximum Gasteiger partial charge on any atom is 0.323 e. The van der Waals surface area contributed by atoms with Crippen LogP contribution in [0.1, 0.15) is 16.7 Å². The average Bonchev–Trinajstić information content (AvgIpc) is 2.37. The lowest BCUT2D eigenvalue weighted by molar-refractivity contribution is 0.262. The van der Waals surface area contributed by atoms with Gasteiger partial charge in [-0.2, -0.15) is 0 Å². The van der Waals surface area contributed by atoms with Crippen LogP contribution in [0.5, 0.6) is 0 Å². The number of amides is 2. The molecule has 0 bridgehead atoms. The number of anilines is 2. The van der Waals surface area contributed by atoms with E-state index in [9.17, 15) is 9.18 Å². The van der Waals surface area contributed by atoms with Gasteiger partial charge in [-0.15, -0.1) is 0 Å². The first-order valence-corrected chi connectivity index (χ1v) is 6.37. The Bertz CT molecular complexity index is 653. The van der Waals surface area contributed by atoms with Crippen molar-refractivity contribution < 1.29 is 9.18 Å². The first kappa shape index (κ1) is 14.1. The minimum Gasteiger partial charge on any atom is -0.308 e. The van der Waals surface area contributed by atoms with Gasteiger partial charge in [0.15, 0.2) is 0 Å². The van der Waals surface area contributed by atoms with Crippen LogP contribution in [-0.4, -0.2) is 6.03 Å². The lowest BCUT2D eigenvalue weighted by Gasteiger charge is -2.11. The second-order valence-electron chi connectivity index (χ2n) is 4.86. The molecule has 0 fully saturated rings. The van der Waals surface area contributed by atoms with Crippen molar-refractivity contribution in [2.75, 3.05) is 10.6 Å². The third kappa shape index (κ3) is 3.35. The number of nitrogens with one attached hydrogen (secondary N) is 2. The van der Waals surface area contributed by atoms with E-state index < -0.39 is 0 Å². The Morgan fingerprint density at radius 3 is 2.35 bits per heavy atom. The molecule has 0 aliphatic rings. The summed E-state index contributed by atoms with van der Waals surface area (Å²) in [6.45, 7) is 5.59. The summed E-state index contributed by atoms with van der Waals surface area (Å²) in [6.07, 6.45) is 0. The highest BCUT2D eigenvalue weighted by Crippen LogP contribution is 2.17. The summed E-state index contributed by atoms with van der Waals surface area (Å²) in [4.78, 5) is 11.9. The Kier molecular flexibility index (Phi) is 4.03. The zero-order valence-corrected chi connectivity index (χ0v) is 11.8. The molecule has 2 amide bonds. The fourth-order valence-corrected chi connectivity index (χ4v) is 1.91. The van der Waals surface area contributed by atoms with E-state index in [2.05, 4.69) is 10.6 Å². The highest BCUT2D eigenvalue weighted by molar-refractivity contribution is 6.00. The van der Waals surface area contributed by atoms with Crippen LogP contribution in [0, 0.1) is 26.6 Å². The van der Waals surface area contributed by atoms with Gasteiger partial charge in [0.1, 0.15) is 5.82 Å². The largest absolute Gasteiger partial charge is 0.323 e. The molecule has 0 saturated heterocycles. The highest BCUT2D eigenvalue weighted by atomic mass is 19.1. The van der Waals surface area contributed by atoms with E-state index in [0.29, 0.717) is 11.3 Å². The van der Waals surface area contributed by atoms with E-state index in [1.165, 1.54) is 6.07 Å². The summed E-state index contributed by atoms with van der Waals surface area (Å²) >= 11 is 0. The minimum absolute atomic E-state index is 0.339. The molecule has 0 saturated carbocycles. The molecule has 4 heteroatoms. The van der Waals surface area contributed by atoms with E-state index in [1.807, 2.05) is 32.0 Å². The number of carbonyl (C=O) groups excluding carboxylic acids is 1. The van der Waals surface area contributed by atoms with Crippen molar-refractivity contribution in [2.45, 2.75) is 20.8 Å². The van der Waals surface area contributed by atoms with Gasteiger partial charge >= 0.3 is 6.03 Å². The molecule has 20 heavy (non-hydrogen) atoms. The summed E-state index contributed by atoms with van der Waals surface area (Å²) in [7, 11) is 0. The molecule has 2 aromatic rings. The third-order valence-corrected chi connectivity index (χ3v) is 3.06. The van der Waals surface area contributed by atoms with Crippen molar-refractivity contribution in [3.05, 3.63) is 58.9 Å².